The average molecular weight is 508 g/mol. The molecule has 2 rings (SSSR count). The fraction of sp³-hybridized carbons (Fsp3) is 0.905. The van der Waals surface area contributed by atoms with Gasteiger partial charge in [-0.3, -0.25) is 9.79 Å². The zero-order valence-corrected chi connectivity index (χ0v) is 20.2. The number of unbranched alkanes of at least 4 members (excludes halogenated alkanes) is 2. The van der Waals surface area contributed by atoms with Gasteiger partial charge in [-0.2, -0.15) is 0 Å². The number of nitrogens with one attached hydrogen (secondary N) is 2. The summed E-state index contributed by atoms with van der Waals surface area (Å²) in [5.41, 5.74) is 0. The van der Waals surface area contributed by atoms with Gasteiger partial charge >= 0.3 is 0 Å². The molecule has 0 spiro atoms. The molecule has 2 fully saturated rings. The van der Waals surface area contributed by atoms with E-state index in [1.807, 2.05) is 7.05 Å². The number of carbonyl (C=O) groups is 1. The van der Waals surface area contributed by atoms with Gasteiger partial charge in [-0.1, -0.05) is 19.3 Å². The second-order valence-electron chi connectivity index (χ2n) is 7.97. The Morgan fingerprint density at radius 2 is 1.79 bits per heavy atom. The Labute approximate surface area is 188 Å². The summed E-state index contributed by atoms with van der Waals surface area (Å²) in [6, 6.07) is 0. The Morgan fingerprint density at radius 1 is 1.07 bits per heavy atom. The van der Waals surface area contributed by atoms with E-state index in [1.165, 1.54) is 38.5 Å². The number of hydrogen-bond donors (Lipinski definition) is 2. The molecular formula is C21H41IN4O2. The predicted octanol–water partition coefficient (Wildman–Crippen LogP) is 3.55. The first kappa shape index (κ1) is 25.5. The summed E-state index contributed by atoms with van der Waals surface area (Å²) in [4.78, 5) is 18.3. The van der Waals surface area contributed by atoms with Gasteiger partial charge in [0.1, 0.15) is 0 Å². The molecule has 2 aliphatic rings. The largest absolute Gasteiger partial charge is 0.378 e. The van der Waals surface area contributed by atoms with Crippen LogP contribution < -0.4 is 10.6 Å². The third-order valence-corrected chi connectivity index (χ3v) is 5.89. The van der Waals surface area contributed by atoms with Gasteiger partial charge in [0.05, 0.1) is 6.10 Å². The van der Waals surface area contributed by atoms with E-state index in [4.69, 9.17) is 4.74 Å². The van der Waals surface area contributed by atoms with Gasteiger partial charge in [-0.25, -0.2) is 0 Å². The lowest BCUT2D eigenvalue weighted by Crippen LogP contribution is -2.46. The molecule has 0 aromatic heterocycles. The van der Waals surface area contributed by atoms with Crippen molar-refractivity contribution in [2.75, 3.05) is 40.3 Å². The number of hydrogen-bond acceptors (Lipinski definition) is 3. The van der Waals surface area contributed by atoms with Crippen LogP contribution in [0.2, 0.25) is 0 Å². The first-order chi connectivity index (χ1) is 13.2. The summed E-state index contributed by atoms with van der Waals surface area (Å²) in [6.45, 7) is 3.85. The highest BCUT2D eigenvalue weighted by Gasteiger charge is 2.22. The van der Waals surface area contributed by atoms with Crippen LogP contribution in [0.4, 0.5) is 0 Å². The van der Waals surface area contributed by atoms with E-state index < -0.39 is 0 Å². The fourth-order valence-corrected chi connectivity index (χ4v) is 4.13. The third-order valence-electron chi connectivity index (χ3n) is 5.89. The minimum atomic E-state index is 0. The van der Waals surface area contributed by atoms with Gasteiger partial charge in [-0.15, -0.1) is 24.0 Å². The SMILES string of the molecule is CN=C(NCCCCCOC1CCCCC1)N1CCC(CC(=O)NC)CC1.I. The molecule has 0 atom stereocenters. The highest BCUT2D eigenvalue weighted by atomic mass is 127. The van der Waals surface area contributed by atoms with E-state index in [-0.39, 0.29) is 29.9 Å². The van der Waals surface area contributed by atoms with Crippen LogP contribution >= 0.6 is 24.0 Å². The zero-order valence-electron chi connectivity index (χ0n) is 17.9. The molecule has 2 N–H and O–H groups in total. The molecule has 0 unspecified atom stereocenters. The fourth-order valence-electron chi connectivity index (χ4n) is 4.13. The van der Waals surface area contributed by atoms with Crippen LogP contribution in [0.15, 0.2) is 4.99 Å². The minimum Gasteiger partial charge on any atom is -0.378 e. The van der Waals surface area contributed by atoms with E-state index in [1.54, 1.807) is 7.05 Å². The van der Waals surface area contributed by atoms with Crippen molar-refractivity contribution in [3.05, 3.63) is 0 Å². The molecule has 1 aliphatic carbocycles. The van der Waals surface area contributed by atoms with Crippen LogP contribution in [-0.2, 0) is 9.53 Å². The lowest BCUT2D eigenvalue weighted by molar-refractivity contribution is -0.121. The molecule has 0 aromatic carbocycles. The highest BCUT2D eigenvalue weighted by Crippen LogP contribution is 2.21. The van der Waals surface area contributed by atoms with Crippen LogP contribution in [-0.4, -0.2) is 63.2 Å². The Morgan fingerprint density at radius 3 is 2.43 bits per heavy atom. The quantitative estimate of drug-likeness (QED) is 0.217. The molecule has 0 radical (unpaired) electrons. The van der Waals surface area contributed by atoms with Crippen LogP contribution in [0.3, 0.4) is 0 Å². The molecule has 1 saturated heterocycles. The lowest BCUT2D eigenvalue weighted by Gasteiger charge is -2.34. The Balaban J connectivity index is 0.00000392. The Bertz CT molecular complexity index is 448. The number of piperidine rings is 1. The van der Waals surface area contributed by atoms with Crippen LogP contribution in [0, 0.1) is 5.92 Å². The predicted molar refractivity (Wildman–Crippen MR) is 126 cm³/mol. The maximum atomic E-state index is 11.5. The Kier molecular flexibility index (Phi) is 13.9. The van der Waals surface area contributed by atoms with Crippen molar-refractivity contribution in [1.82, 2.24) is 15.5 Å². The number of aliphatic imine (C=N–C) groups is 1. The van der Waals surface area contributed by atoms with Crippen molar-refractivity contribution in [3.63, 3.8) is 0 Å². The number of nitrogens with zero attached hydrogens (tertiary/aromatic N) is 2. The number of carbonyl (C=O) groups excluding carboxylic acids is 1. The maximum Gasteiger partial charge on any atom is 0.220 e. The van der Waals surface area contributed by atoms with Crippen LogP contribution in [0.5, 0.6) is 0 Å². The maximum absolute atomic E-state index is 11.5. The lowest BCUT2D eigenvalue weighted by atomic mass is 9.93. The van der Waals surface area contributed by atoms with Gasteiger partial charge in [0.2, 0.25) is 5.91 Å². The van der Waals surface area contributed by atoms with E-state index in [0.29, 0.717) is 18.4 Å². The molecule has 164 valence electrons. The normalized spacial score (nSPS) is 19.2. The number of amides is 1. The molecule has 28 heavy (non-hydrogen) atoms. The molecule has 0 aromatic rings. The standard InChI is InChI=1S/C21H40N4O2.HI/c1-22-20(26)17-18-11-14-25(15-12-18)21(23-2)24-13-7-4-8-16-27-19-9-5-3-6-10-19;/h18-19H,3-17H2,1-2H3,(H,22,26)(H,23,24);1H. The zero-order chi connectivity index (χ0) is 19.3. The number of halogens is 1. The molecule has 6 nitrogen and oxygen atoms in total. The first-order valence-electron chi connectivity index (χ1n) is 11.0. The average Bonchev–Trinajstić information content (AvgIpc) is 2.71. The number of rotatable bonds is 9. The third kappa shape index (κ3) is 9.76. The van der Waals surface area contributed by atoms with Crippen molar-refractivity contribution < 1.29 is 9.53 Å². The second-order valence-corrected chi connectivity index (χ2v) is 7.97. The van der Waals surface area contributed by atoms with Gasteiger partial charge in [0.15, 0.2) is 5.96 Å². The van der Waals surface area contributed by atoms with Gasteiger partial charge in [-0.05, 0) is 50.9 Å². The van der Waals surface area contributed by atoms with Crippen molar-refractivity contribution >= 4 is 35.8 Å². The minimum absolute atomic E-state index is 0. The molecule has 1 amide bonds. The van der Waals surface area contributed by atoms with Crippen molar-refractivity contribution in [2.45, 2.75) is 76.7 Å². The number of guanidine groups is 1. The monoisotopic (exact) mass is 508 g/mol. The summed E-state index contributed by atoms with van der Waals surface area (Å²) in [5.74, 6) is 1.67. The second kappa shape index (κ2) is 15.3. The summed E-state index contributed by atoms with van der Waals surface area (Å²) in [6.07, 6.45) is 13.4. The highest BCUT2D eigenvalue weighted by molar-refractivity contribution is 14.0. The summed E-state index contributed by atoms with van der Waals surface area (Å²) >= 11 is 0. The number of ether oxygens (including phenoxy) is 1. The van der Waals surface area contributed by atoms with E-state index in [2.05, 4.69) is 20.5 Å². The van der Waals surface area contributed by atoms with Crippen molar-refractivity contribution in [3.8, 4) is 0 Å². The summed E-state index contributed by atoms with van der Waals surface area (Å²) < 4.78 is 5.99. The molecule has 1 saturated carbocycles. The summed E-state index contributed by atoms with van der Waals surface area (Å²) in [5, 5.41) is 6.23. The van der Waals surface area contributed by atoms with Gasteiger partial charge in [0.25, 0.3) is 0 Å². The van der Waals surface area contributed by atoms with Crippen LogP contribution in [0.1, 0.15) is 70.6 Å². The first-order valence-corrected chi connectivity index (χ1v) is 11.0. The number of likely N-dealkylation sites (tertiary alicyclic amines) is 1. The van der Waals surface area contributed by atoms with E-state index in [9.17, 15) is 4.79 Å². The molecule has 7 heteroatoms. The van der Waals surface area contributed by atoms with Crippen molar-refractivity contribution in [1.29, 1.82) is 0 Å². The van der Waals surface area contributed by atoms with E-state index in [0.717, 1.165) is 57.9 Å². The van der Waals surface area contributed by atoms with Gasteiger partial charge in [0, 0.05) is 46.8 Å². The summed E-state index contributed by atoms with van der Waals surface area (Å²) in [7, 11) is 3.57. The topological polar surface area (TPSA) is 66.0 Å². The molecule has 1 heterocycles. The van der Waals surface area contributed by atoms with Gasteiger partial charge < -0.3 is 20.3 Å². The molecular weight excluding hydrogens is 467 g/mol. The van der Waals surface area contributed by atoms with Crippen molar-refractivity contribution in [2.24, 2.45) is 10.9 Å². The molecule has 1 aliphatic heterocycles. The Hall–Kier alpha value is -0.570. The molecule has 0 bridgehead atoms. The van der Waals surface area contributed by atoms with Crippen LogP contribution in [0.25, 0.3) is 0 Å². The smallest absolute Gasteiger partial charge is 0.220 e. The van der Waals surface area contributed by atoms with E-state index >= 15 is 0 Å².